The number of thioether (sulfide) groups is 1. The second kappa shape index (κ2) is 10.0. The number of halogens is 1. The molecule has 0 aromatic heterocycles. The highest BCUT2D eigenvalue weighted by Crippen LogP contribution is 2.24. The maximum absolute atomic E-state index is 14.2. The molecule has 0 unspecified atom stereocenters. The summed E-state index contributed by atoms with van der Waals surface area (Å²) in [6, 6.07) is 12.6. The molecule has 30 heavy (non-hydrogen) atoms. The minimum absolute atomic E-state index is 0.142. The predicted molar refractivity (Wildman–Crippen MR) is 112 cm³/mol. The van der Waals surface area contributed by atoms with Gasteiger partial charge in [-0.1, -0.05) is 12.1 Å². The van der Waals surface area contributed by atoms with E-state index in [1.165, 1.54) is 22.1 Å². The summed E-state index contributed by atoms with van der Waals surface area (Å²) in [5, 5.41) is 11.4. The van der Waals surface area contributed by atoms with Crippen LogP contribution >= 0.6 is 11.8 Å². The zero-order valence-corrected chi connectivity index (χ0v) is 17.6. The molecule has 158 valence electrons. The topological polar surface area (TPSA) is 99.5 Å². The van der Waals surface area contributed by atoms with Gasteiger partial charge < -0.3 is 10.1 Å². The van der Waals surface area contributed by atoms with Gasteiger partial charge in [-0.05, 0) is 35.9 Å². The van der Waals surface area contributed by atoms with Gasteiger partial charge in [0.25, 0.3) is 0 Å². The van der Waals surface area contributed by atoms with E-state index in [0.29, 0.717) is 11.3 Å². The fraction of sp³-hybridized carbons (Fsp3) is 0.300. The molecule has 0 aliphatic carbocycles. The molecule has 0 radical (unpaired) electrons. The van der Waals surface area contributed by atoms with Crippen LogP contribution in [0.4, 0.5) is 10.1 Å². The van der Waals surface area contributed by atoms with Gasteiger partial charge in [-0.2, -0.15) is 9.57 Å². The third-order valence-electron chi connectivity index (χ3n) is 4.39. The number of hydrogen-bond donors (Lipinski definition) is 1. The largest absolute Gasteiger partial charge is 0.379 e. The van der Waals surface area contributed by atoms with E-state index in [9.17, 15) is 17.6 Å². The minimum atomic E-state index is -4.01. The Morgan fingerprint density at radius 2 is 1.90 bits per heavy atom. The summed E-state index contributed by atoms with van der Waals surface area (Å²) in [6.07, 6.45) is 0. The van der Waals surface area contributed by atoms with Crippen LogP contribution < -0.4 is 5.32 Å². The molecule has 10 heteroatoms. The van der Waals surface area contributed by atoms with E-state index in [1.807, 2.05) is 18.2 Å². The molecule has 3 rings (SSSR count). The number of sulfonamides is 1. The molecule has 2 aromatic rings. The minimum Gasteiger partial charge on any atom is -0.379 e. The lowest BCUT2D eigenvalue weighted by Gasteiger charge is -2.26. The highest BCUT2D eigenvalue weighted by atomic mass is 32.2. The van der Waals surface area contributed by atoms with Crippen molar-refractivity contribution >= 4 is 33.4 Å². The van der Waals surface area contributed by atoms with E-state index in [2.05, 4.69) is 5.32 Å². The van der Waals surface area contributed by atoms with E-state index >= 15 is 0 Å². The molecule has 2 aromatic carbocycles. The molecule has 0 saturated carbocycles. The number of rotatable bonds is 7. The summed E-state index contributed by atoms with van der Waals surface area (Å²) in [6.45, 7) is 0.830. The van der Waals surface area contributed by atoms with Gasteiger partial charge in [0.15, 0.2) is 0 Å². The molecule has 0 bridgehead atoms. The number of carbonyl (C=O) groups is 1. The molecule has 1 amide bonds. The average Bonchev–Trinajstić information content (AvgIpc) is 2.76. The van der Waals surface area contributed by atoms with E-state index in [-0.39, 0.29) is 43.7 Å². The molecule has 1 N–H and O–H groups in total. The van der Waals surface area contributed by atoms with Crippen LogP contribution in [-0.2, 0) is 25.3 Å². The quantitative estimate of drug-likeness (QED) is 0.698. The van der Waals surface area contributed by atoms with E-state index in [0.717, 1.165) is 17.7 Å². The van der Waals surface area contributed by atoms with E-state index in [4.69, 9.17) is 10.00 Å². The number of carbonyl (C=O) groups excluding carboxylic acids is 1. The van der Waals surface area contributed by atoms with Crippen molar-refractivity contribution in [3.63, 3.8) is 0 Å². The summed E-state index contributed by atoms with van der Waals surface area (Å²) in [7, 11) is -4.01. The molecule has 0 atom stereocenters. The lowest BCUT2D eigenvalue weighted by Crippen LogP contribution is -2.40. The molecule has 1 saturated heterocycles. The van der Waals surface area contributed by atoms with Crippen molar-refractivity contribution in [2.75, 3.05) is 37.4 Å². The van der Waals surface area contributed by atoms with Gasteiger partial charge in [0.2, 0.25) is 15.9 Å². The van der Waals surface area contributed by atoms with Gasteiger partial charge in [-0.3, -0.25) is 4.79 Å². The van der Waals surface area contributed by atoms with Gasteiger partial charge in [-0.15, -0.1) is 11.8 Å². The first-order chi connectivity index (χ1) is 14.4. The monoisotopic (exact) mass is 449 g/mol. The van der Waals surface area contributed by atoms with Crippen molar-refractivity contribution in [1.29, 1.82) is 5.26 Å². The molecular weight excluding hydrogens is 429 g/mol. The van der Waals surface area contributed by atoms with Crippen LogP contribution in [0.1, 0.15) is 11.1 Å². The van der Waals surface area contributed by atoms with Crippen molar-refractivity contribution < 1.29 is 22.3 Å². The number of benzene rings is 2. The van der Waals surface area contributed by atoms with Gasteiger partial charge in [0.05, 0.1) is 30.6 Å². The van der Waals surface area contributed by atoms with Crippen LogP contribution in [0.2, 0.25) is 0 Å². The van der Waals surface area contributed by atoms with Gasteiger partial charge in [-0.25, -0.2) is 12.8 Å². The van der Waals surface area contributed by atoms with Gasteiger partial charge in [0, 0.05) is 24.5 Å². The zero-order valence-electron chi connectivity index (χ0n) is 16.0. The Morgan fingerprint density at radius 3 is 2.57 bits per heavy atom. The standard InChI is InChI=1S/C20H20FN3O4S2/c21-18-6-5-17(11-19(18)30(26,27)24-7-9-28-10-8-24)23-20(25)14-29-13-16-3-1-15(12-22)2-4-16/h1-6,11H,7-10,13-14H2,(H,23,25). The molecule has 7 nitrogen and oxygen atoms in total. The number of hydrogen-bond acceptors (Lipinski definition) is 6. The summed E-state index contributed by atoms with van der Waals surface area (Å²) in [5.74, 6) is -0.466. The van der Waals surface area contributed by atoms with Crippen LogP contribution in [0.15, 0.2) is 47.4 Å². The van der Waals surface area contributed by atoms with Crippen LogP contribution in [0, 0.1) is 17.1 Å². The van der Waals surface area contributed by atoms with Crippen molar-refractivity contribution in [2.24, 2.45) is 0 Å². The molecule has 1 heterocycles. The second-order valence-corrected chi connectivity index (χ2v) is 9.40. The SMILES string of the molecule is N#Cc1ccc(CSCC(=O)Nc2ccc(F)c(S(=O)(=O)N3CCOCC3)c2)cc1. The molecule has 1 fully saturated rings. The Morgan fingerprint density at radius 1 is 1.20 bits per heavy atom. The molecule has 1 aliphatic rings. The third-order valence-corrected chi connectivity index (χ3v) is 7.31. The fourth-order valence-corrected chi connectivity index (χ4v) is 5.13. The number of nitriles is 1. The number of nitrogens with zero attached hydrogens (tertiary/aromatic N) is 2. The number of amides is 1. The first-order valence-electron chi connectivity index (χ1n) is 9.14. The van der Waals surface area contributed by atoms with Crippen LogP contribution in [0.5, 0.6) is 0 Å². The second-order valence-electron chi connectivity index (χ2n) is 6.51. The Labute approximate surface area is 178 Å². The predicted octanol–water partition coefficient (Wildman–Crippen LogP) is 2.59. The number of ether oxygens (including phenoxy) is 1. The fourth-order valence-electron chi connectivity index (χ4n) is 2.84. The van der Waals surface area contributed by atoms with Crippen LogP contribution in [-0.4, -0.2) is 50.7 Å². The van der Waals surface area contributed by atoms with Crippen molar-refractivity contribution in [3.8, 4) is 6.07 Å². The van der Waals surface area contributed by atoms with Crippen molar-refractivity contribution in [2.45, 2.75) is 10.6 Å². The summed E-state index contributed by atoms with van der Waals surface area (Å²) in [4.78, 5) is 11.7. The maximum Gasteiger partial charge on any atom is 0.246 e. The van der Waals surface area contributed by atoms with E-state index in [1.54, 1.807) is 12.1 Å². The average molecular weight is 450 g/mol. The maximum atomic E-state index is 14.2. The van der Waals surface area contributed by atoms with Crippen LogP contribution in [0.25, 0.3) is 0 Å². The first kappa shape index (κ1) is 22.2. The molecule has 0 spiro atoms. The molecule has 1 aliphatic heterocycles. The van der Waals surface area contributed by atoms with Crippen molar-refractivity contribution in [3.05, 3.63) is 59.4 Å². The Balaban J connectivity index is 1.60. The summed E-state index contributed by atoms with van der Waals surface area (Å²) >= 11 is 1.37. The number of nitrogens with one attached hydrogen (secondary N) is 1. The highest BCUT2D eigenvalue weighted by Gasteiger charge is 2.29. The Hall–Kier alpha value is -2.45. The summed E-state index contributed by atoms with van der Waals surface area (Å²) < 4.78 is 46.0. The number of anilines is 1. The van der Waals surface area contributed by atoms with E-state index < -0.39 is 20.7 Å². The number of morpholine rings is 1. The van der Waals surface area contributed by atoms with Gasteiger partial charge in [0.1, 0.15) is 10.7 Å². The first-order valence-corrected chi connectivity index (χ1v) is 11.7. The smallest absolute Gasteiger partial charge is 0.246 e. The Bertz CT molecular complexity index is 1050. The lowest BCUT2D eigenvalue weighted by atomic mass is 10.2. The van der Waals surface area contributed by atoms with Crippen LogP contribution in [0.3, 0.4) is 0 Å². The highest BCUT2D eigenvalue weighted by molar-refractivity contribution is 7.99. The molecular formula is C20H20FN3O4S2. The third kappa shape index (κ3) is 5.58. The normalized spacial score (nSPS) is 14.8. The lowest BCUT2D eigenvalue weighted by molar-refractivity contribution is -0.113. The van der Waals surface area contributed by atoms with Gasteiger partial charge >= 0.3 is 0 Å². The Kier molecular flexibility index (Phi) is 7.44. The van der Waals surface area contributed by atoms with Crippen molar-refractivity contribution in [1.82, 2.24) is 4.31 Å². The summed E-state index contributed by atoms with van der Waals surface area (Å²) in [5.41, 5.74) is 1.76. The zero-order chi connectivity index (χ0) is 21.6.